The summed E-state index contributed by atoms with van der Waals surface area (Å²) in [5.41, 5.74) is 0.148. The van der Waals surface area contributed by atoms with Crippen LogP contribution in [-0.2, 0) is 15.7 Å². The van der Waals surface area contributed by atoms with E-state index < -0.39 is 17.7 Å². The third kappa shape index (κ3) is 5.13. The maximum Gasteiger partial charge on any atom is 0.416 e. The Labute approximate surface area is 108 Å². The number of benzene rings is 1. The van der Waals surface area contributed by atoms with Gasteiger partial charge in [-0.25, -0.2) is 0 Å². The third-order valence-electron chi connectivity index (χ3n) is 2.27. The molecule has 0 saturated heterocycles. The van der Waals surface area contributed by atoms with Gasteiger partial charge in [-0.1, -0.05) is 18.2 Å². The van der Waals surface area contributed by atoms with Crippen molar-refractivity contribution in [3.05, 3.63) is 41.0 Å². The highest BCUT2D eigenvalue weighted by Crippen LogP contribution is 2.29. The van der Waals surface area contributed by atoms with Gasteiger partial charge in [-0.3, -0.25) is 4.79 Å². The number of ether oxygens (including phenoxy) is 1. The van der Waals surface area contributed by atoms with Crippen LogP contribution >= 0.6 is 0 Å². The monoisotopic (exact) mass is 274 g/mol. The molecular weight excluding hydrogens is 261 g/mol. The minimum atomic E-state index is -4.38. The average Bonchev–Trinajstić information content (AvgIpc) is 2.33. The van der Waals surface area contributed by atoms with Crippen LogP contribution in [0.25, 0.3) is 6.08 Å². The van der Waals surface area contributed by atoms with Crippen molar-refractivity contribution in [3.8, 4) is 0 Å². The van der Waals surface area contributed by atoms with Gasteiger partial charge in [-0.2, -0.15) is 13.2 Å². The van der Waals surface area contributed by atoms with Crippen LogP contribution in [0.2, 0.25) is 0 Å². The van der Waals surface area contributed by atoms with E-state index in [2.05, 4.69) is 0 Å². The van der Waals surface area contributed by atoms with Gasteiger partial charge in [0.1, 0.15) is 6.61 Å². The van der Waals surface area contributed by atoms with Crippen molar-refractivity contribution in [2.75, 3.05) is 13.2 Å². The van der Waals surface area contributed by atoms with Crippen molar-refractivity contribution in [1.29, 1.82) is 0 Å². The maximum absolute atomic E-state index is 12.3. The van der Waals surface area contributed by atoms with Crippen LogP contribution in [0.1, 0.15) is 18.1 Å². The Morgan fingerprint density at radius 1 is 1.32 bits per heavy atom. The first-order valence-corrected chi connectivity index (χ1v) is 5.44. The minimum Gasteiger partial charge on any atom is -0.461 e. The molecule has 0 saturated carbocycles. The smallest absolute Gasteiger partial charge is 0.416 e. The molecule has 19 heavy (non-hydrogen) atoms. The first-order chi connectivity index (χ1) is 8.82. The van der Waals surface area contributed by atoms with E-state index in [4.69, 9.17) is 9.84 Å². The number of hydrogen-bond acceptors (Lipinski definition) is 3. The zero-order chi connectivity index (χ0) is 14.5. The van der Waals surface area contributed by atoms with Crippen molar-refractivity contribution >= 4 is 12.0 Å². The molecule has 3 nitrogen and oxygen atoms in total. The standard InChI is InChI=1S/C13H13F3O3/c1-9(18)19-8-11(7-17)6-10-2-4-12(5-3-10)13(14,15)16/h2-6,17H,7-8H2,1H3/b11-6+. The maximum atomic E-state index is 12.3. The molecule has 1 rings (SSSR count). The summed E-state index contributed by atoms with van der Waals surface area (Å²) in [6.45, 7) is 0.800. The molecule has 0 atom stereocenters. The summed E-state index contributed by atoms with van der Waals surface area (Å²) in [7, 11) is 0. The molecule has 0 bridgehead atoms. The van der Waals surface area contributed by atoms with Gasteiger partial charge in [0.15, 0.2) is 0 Å². The molecule has 104 valence electrons. The quantitative estimate of drug-likeness (QED) is 0.858. The van der Waals surface area contributed by atoms with E-state index in [0.717, 1.165) is 12.1 Å². The topological polar surface area (TPSA) is 46.5 Å². The van der Waals surface area contributed by atoms with Crippen molar-refractivity contribution in [2.45, 2.75) is 13.1 Å². The first kappa shape index (κ1) is 15.2. The number of esters is 1. The second kappa shape index (κ2) is 6.38. The van der Waals surface area contributed by atoms with Crippen LogP contribution in [0.3, 0.4) is 0 Å². The normalized spacial score (nSPS) is 12.4. The Bertz CT molecular complexity index is 461. The lowest BCUT2D eigenvalue weighted by atomic mass is 10.1. The van der Waals surface area contributed by atoms with E-state index in [1.807, 2.05) is 0 Å². The van der Waals surface area contributed by atoms with Gasteiger partial charge in [0.25, 0.3) is 0 Å². The molecule has 0 radical (unpaired) electrons. The number of aliphatic hydroxyl groups excluding tert-OH is 1. The number of halogens is 3. The molecule has 6 heteroatoms. The molecule has 0 aromatic heterocycles. The molecule has 1 N–H and O–H groups in total. The van der Waals surface area contributed by atoms with Crippen LogP contribution < -0.4 is 0 Å². The zero-order valence-corrected chi connectivity index (χ0v) is 10.2. The number of carbonyl (C=O) groups excluding carboxylic acids is 1. The molecule has 1 aromatic carbocycles. The Balaban J connectivity index is 2.82. The summed E-state index contributed by atoms with van der Waals surface area (Å²) in [5, 5.41) is 9.04. The highest BCUT2D eigenvalue weighted by atomic mass is 19.4. The first-order valence-electron chi connectivity index (χ1n) is 5.44. The van der Waals surface area contributed by atoms with Crippen molar-refractivity contribution in [3.63, 3.8) is 0 Å². The summed E-state index contributed by atoms with van der Waals surface area (Å²) in [6, 6.07) is 4.47. The molecule has 0 fully saturated rings. The lowest BCUT2D eigenvalue weighted by molar-refractivity contribution is -0.140. The summed E-state index contributed by atoms with van der Waals surface area (Å²) in [4.78, 5) is 10.6. The summed E-state index contributed by atoms with van der Waals surface area (Å²) < 4.78 is 41.7. The minimum absolute atomic E-state index is 0.0904. The number of aliphatic hydroxyl groups is 1. The molecular formula is C13H13F3O3. The van der Waals surface area contributed by atoms with Gasteiger partial charge in [0.05, 0.1) is 12.2 Å². The fourth-order valence-corrected chi connectivity index (χ4v) is 1.33. The van der Waals surface area contributed by atoms with Crippen LogP contribution in [0, 0.1) is 0 Å². The molecule has 0 unspecified atom stereocenters. The predicted octanol–water partition coefficient (Wildman–Crippen LogP) is 2.64. The van der Waals surface area contributed by atoms with E-state index in [1.54, 1.807) is 0 Å². The van der Waals surface area contributed by atoms with Gasteiger partial charge in [-0.15, -0.1) is 0 Å². The lowest BCUT2D eigenvalue weighted by Crippen LogP contribution is -2.06. The van der Waals surface area contributed by atoms with Crippen molar-refractivity contribution in [1.82, 2.24) is 0 Å². The van der Waals surface area contributed by atoms with Gasteiger partial charge < -0.3 is 9.84 Å². The molecule has 0 amide bonds. The fraction of sp³-hybridized carbons (Fsp3) is 0.308. The number of alkyl halides is 3. The van der Waals surface area contributed by atoms with E-state index in [0.29, 0.717) is 11.1 Å². The SMILES string of the molecule is CC(=O)OC/C(=C/c1ccc(C(F)(F)F)cc1)CO. The number of rotatable bonds is 4. The molecule has 0 aliphatic heterocycles. The summed E-state index contributed by atoms with van der Waals surface area (Å²) in [6.07, 6.45) is -2.90. The van der Waals surface area contributed by atoms with Crippen LogP contribution in [-0.4, -0.2) is 24.3 Å². The van der Waals surface area contributed by atoms with Gasteiger partial charge in [0, 0.05) is 6.92 Å². The van der Waals surface area contributed by atoms with E-state index in [-0.39, 0.29) is 13.2 Å². The average molecular weight is 274 g/mol. The Hall–Kier alpha value is -1.82. The molecule has 0 aliphatic rings. The Morgan fingerprint density at radius 2 is 1.89 bits per heavy atom. The molecule has 0 aliphatic carbocycles. The third-order valence-corrected chi connectivity index (χ3v) is 2.27. The van der Waals surface area contributed by atoms with Crippen LogP contribution in [0.15, 0.2) is 29.8 Å². The predicted molar refractivity (Wildman–Crippen MR) is 63.1 cm³/mol. The zero-order valence-electron chi connectivity index (χ0n) is 10.2. The van der Waals surface area contributed by atoms with Crippen molar-refractivity contribution in [2.24, 2.45) is 0 Å². The largest absolute Gasteiger partial charge is 0.461 e. The van der Waals surface area contributed by atoms with Gasteiger partial charge in [0.2, 0.25) is 0 Å². The Morgan fingerprint density at radius 3 is 2.32 bits per heavy atom. The lowest BCUT2D eigenvalue weighted by Gasteiger charge is -2.07. The fourth-order valence-electron chi connectivity index (χ4n) is 1.33. The second-order valence-electron chi connectivity index (χ2n) is 3.86. The van der Waals surface area contributed by atoms with E-state index >= 15 is 0 Å². The summed E-state index contributed by atoms with van der Waals surface area (Å²) >= 11 is 0. The molecule has 0 heterocycles. The molecule has 1 aromatic rings. The highest BCUT2D eigenvalue weighted by molar-refractivity contribution is 5.66. The number of hydrogen-bond donors (Lipinski definition) is 1. The van der Waals surface area contributed by atoms with Gasteiger partial charge in [-0.05, 0) is 23.3 Å². The van der Waals surface area contributed by atoms with Crippen molar-refractivity contribution < 1.29 is 27.8 Å². The van der Waals surface area contributed by atoms with E-state index in [1.165, 1.54) is 25.1 Å². The number of carbonyl (C=O) groups is 1. The van der Waals surface area contributed by atoms with Crippen LogP contribution in [0.5, 0.6) is 0 Å². The highest BCUT2D eigenvalue weighted by Gasteiger charge is 2.29. The summed E-state index contributed by atoms with van der Waals surface area (Å²) in [5.74, 6) is -0.494. The van der Waals surface area contributed by atoms with Crippen LogP contribution in [0.4, 0.5) is 13.2 Å². The van der Waals surface area contributed by atoms with Gasteiger partial charge >= 0.3 is 12.1 Å². The van der Waals surface area contributed by atoms with E-state index in [9.17, 15) is 18.0 Å². The Kier molecular flexibility index (Phi) is 5.11. The second-order valence-corrected chi connectivity index (χ2v) is 3.86. The molecule has 0 spiro atoms.